The van der Waals surface area contributed by atoms with Gasteiger partial charge in [-0.3, -0.25) is 4.79 Å². The Labute approximate surface area is 158 Å². The van der Waals surface area contributed by atoms with Gasteiger partial charge in [0.15, 0.2) is 5.13 Å². The smallest absolute Gasteiger partial charge is 0.350 e. The molecule has 0 bridgehead atoms. The molecule has 1 aromatic rings. The molecule has 1 amide bonds. The van der Waals surface area contributed by atoms with Crippen LogP contribution in [0.1, 0.15) is 48.5 Å². The average Bonchev–Trinajstić information content (AvgIpc) is 2.95. The number of hydrogen-bond acceptors (Lipinski definition) is 7. The van der Waals surface area contributed by atoms with Crippen molar-refractivity contribution in [3.05, 3.63) is 10.6 Å². The topological polar surface area (TPSA) is 106 Å². The Kier molecular flexibility index (Phi) is 7.13. The lowest BCUT2D eigenvalue weighted by atomic mass is 9.99. The highest BCUT2D eigenvalue weighted by Gasteiger charge is 2.32. The van der Waals surface area contributed by atoms with Crippen LogP contribution in [-0.2, 0) is 19.6 Å². The van der Waals surface area contributed by atoms with E-state index in [2.05, 4.69) is 10.3 Å². The quantitative estimate of drug-likeness (QED) is 0.698. The van der Waals surface area contributed by atoms with Crippen LogP contribution < -0.4 is 5.32 Å². The van der Waals surface area contributed by atoms with E-state index in [4.69, 9.17) is 4.74 Å². The Morgan fingerprint density at radius 3 is 2.77 bits per heavy atom. The maximum atomic E-state index is 12.5. The van der Waals surface area contributed by atoms with Crippen molar-refractivity contribution in [2.45, 2.75) is 40.0 Å². The zero-order valence-corrected chi connectivity index (χ0v) is 16.9. The molecule has 0 aliphatic carbocycles. The molecule has 8 nitrogen and oxygen atoms in total. The number of ether oxygens (including phenoxy) is 1. The van der Waals surface area contributed by atoms with Gasteiger partial charge in [0.1, 0.15) is 4.88 Å². The van der Waals surface area contributed by atoms with Crippen molar-refractivity contribution in [3.63, 3.8) is 0 Å². The fraction of sp³-hybridized carbons (Fsp3) is 0.688. The standard InChI is InChI=1S/C16H25N3O5S2/c1-4-9-26(22,23)19-8-6-7-12(10-19)14(20)18-16-17-11(3)13(25-16)15(21)24-5-2/h12H,4-10H2,1-3H3,(H,17,18,20)/t12-/m1/s1. The summed E-state index contributed by atoms with van der Waals surface area (Å²) in [7, 11) is -3.31. The van der Waals surface area contributed by atoms with Crippen LogP contribution in [0, 0.1) is 12.8 Å². The molecule has 0 radical (unpaired) electrons. The predicted octanol–water partition coefficient (Wildman–Crippen LogP) is 2.02. The summed E-state index contributed by atoms with van der Waals surface area (Å²) in [4.78, 5) is 28.9. The van der Waals surface area contributed by atoms with Crippen LogP contribution in [0.4, 0.5) is 5.13 Å². The van der Waals surface area contributed by atoms with E-state index in [0.29, 0.717) is 41.5 Å². The Morgan fingerprint density at radius 1 is 1.38 bits per heavy atom. The van der Waals surface area contributed by atoms with Crippen LogP contribution in [0.2, 0.25) is 0 Å². The van der Waals surface area contributed by atoms with Gasteiger partial charge in [-0.05, 0) is 33.1 Å². The van der Waals surface area contributed by atoms with E-state index in [-0.39, 0.29) is 24.8 Å². The minimum absolute atomic E-state index is 0.0932. The second-order valence-corrected chi connectivity index (χ2v) is 9.24. The van der Waals surface area contributed by atoms with Crippen LogP contribution in [0.25, 0.3) is 0 Å². The van der Waals surface area contributed by atoms with Gasteiger partial charge in [-0.2, -0.15) is 0 Å². The normalized spacial score (nSPS) is 18.5. The molecule has 0 aromatic carbocycles. The van der Waals surface area contributed by atoms with E-state index in [1.165, 1.54) is 4.31 Å². The van der Waals surface area contributed by atoms with E-state index < -0.39 is 21.9 Å². The number of amides is 1. The van der Waals surface area contributed by atoms with Crippen LogP contribution in [0.15, 0.2) is 0 Å². The molecule has 1 atom stereocenters. The fourth-order valence-corrected chi connectivity index (χ4v) is 5.29. The summed E-state index contributed by atoms with van der Waals surface area (Å²) in [5.41, 5.74) is 0.500. The molecule has 2 heterocycles. The van der Waals surface area contributed by atoms with Gasteiger partial charge in [-0.1, -0.05) is 18.3 Å². The van der Waals surface area contributed by atoms with Gasteiger partial charge < -0.3 is 10.1 Å². The predicted molar refractivity (Wildman–Crippen MR) is 99.8 cm³/mol. The Balaban J connectivity index is 2.03. The van der Waals surface area contributed by atoms with Crippen molar-refractivity contribution in [2.24, 2.45) is 5.92 Å². The third-order valence-electron chi connectivity index (χ3n) is 4.10. The van der Waals surface area contributed by atoms with Crippen molar-refractivity contribution in [1.29, 1.82) is 0 Å². The number of aromatic nitrogens is 1. The third kappa shape index (κ3) is 5.01. The molecule has 1 aliphatic rings. The second-order valence-electron chi connectivity index (χ2n) is 6.16. The first-order chi connectivity index (χ1) is 12.3. The minimum atomic E-state index is -3.31. The van der Waals surface area contributed by atoms with Gasteiger partial charge >= 0.3 is 5.97 Å². The molecule has 1 aromatic heterocycles. The first kappa shape index (κ1) is 20.8. The number of esters is 1. The number of rotatable bonds is 7. The number of anilines is 1. The number of carbonyl (C=O) groups is 2. The highest BCUT2D eigenvalue weighted by molar-refractivity contribution is 7.89. The largest absolute Gasteiger partial charge is 0.462 e. The van der Waals surface area contributed by atoms with Crippen molar-refractivity contribution in [3.8, 4) is 0 Å². The van der Waals surface area contributed by atoms with Crippen LogP contribution in [0.3, 0.4) is 0 Å². The molecule has 1 fully saturated rings. The average molecular weight is 404 g/mol. The molecule has 2 rings (SSSR count). The van der Waals surface area contributed by atoms with Crippen molar-refractivity contribution >= 4 is 38.4 Å². The van der Waals surface area contributed by atoms with Gasteiger partial charge in [0.2, 0.25) is 15.9 Å². The summed E-state index contributed by atoms with van der Waals surface area (Å²) in [5.74, 6) is -1.07. The van der Waals surface area contributed by atoms with E-state index in [1.54, 1.807) is 13.8 Å². The molecule has 1 N–H and O–H groups in total. The molecule has 1 aliphatic heterocycles. The van der Waals surface area contributed by atoms with Gasteiger partial charge in [0.05, 0.1) is 24.0 Å². The molecule has 0 unspecified atom stereocenters. The zero-order chi connectivity index (χ0) is 19.3. The lowest BCUT2D eigenvalue weighted by Crippen LogP contribution is -2.44. The summed E-state index contributed by atoms with van der Waals surface area (Å²) in [6.07, 6.45) is 1.82. The van der Waals surface area contributed by atoms with E-state index >= 15 is 0 Å². The Hall–Kier alpha value is -1.52. The number of carbonyl (C=O) groups excluding carboxylic acids is 2. The fourth-order valence-electron chi connectivity index (χ4n) is 2.84. The van der Waals surface area contributed by atoms with Crippen molar-refractivity contribution in [1.82, 2.24) is 9.29 Å². The zero-order valence-electron chi connectivity index (χ0n) is 15.3. The second kappa shape index (κ2) is 8.92. The highest BCUT2D eigenvalue weighted by Crippen LogP contribution is 2.26. The Bertz CT molecular complexity index is 760. The van der Waals surface area contributed by atoms with Crippen molar-refractivity contribution in [2.75, 3.05) is 30.8 Å². The molecule has 0 saturated carbocycles. The van der Waals surface area contributed by atoms with Gasteiger partial charge in [-0.15, -0.1) is 0 Å². The highest BCUT2D eigenvalue weighted by atomic mass is 32.2. The van der Waals surface area contributed by atoms with Gasteiger partial charge in [-0.25, -0.2) is 22.5 Å². The van der Waals surface area contributed by atoms with Crippen LogP contribution in [-0.4, -0.2) is 55.0 Å². The number of piperidine rings is 1. The maximum Gasteiger partial charge on any atom is 0.350 e. The number of hydrogen-bond donors (Lipinski definition) is 1. The lowest BCUT2D eigenvalue weighted by molar-refractivity contribution is -0.120. The number of thiazole rings is 1. The van der Waals surface area contributed by atoms with Crippen LogP contribution in [0.5, 0.6) is 0 Å². The summed E-state index contributed by atoms with van der Waals surface area (Å²) in [6, 6.07) is 0. The van der Waals surface area contributed by atoms with Crippen LogP contribution >= 0.6 is 11.3 Å². The molecule has 10 heteroatoms. The molecule has 26 heavy (non-hydrogen) atoms. The SMILES string of the molecule is CCCS(=O)(=O)N1CCC[C@@H](C(=O)Nc2nc(C)c(C(=O)OCC)s2)C1. The summed E-state index contributed by atoms with van der Waals surface area (Å²) in [6.45, 7) is 6.12. The van der Waals surface area contributed by atoms with E-state index in [0.717, 1.165) is 11.3 Å². The first-order valence-electron chi connectivity index (χ1n) is 8.71. The molecule has 1 saturated heterocycles. The van der Waals surface area contributed by atoms with Gasteiger partial charge in [0.25, 0.3) is 0 Å². The summed E-state index contributed by atoms with van der Waals surface area (Å²) >= 11 is 1.06. The molecular weight excluding hydrogens is 378 g/mol. The monoisotopic (exact) mass is 403 g/mol. The third-order valence-corrected chi connectivity index (χ3v) is 7.19. The van der Waals surface area contributed by atoms with Gasteiger partial charge in [0, 0.05) is 13.1 Å². The van der Waals surface area contributed by atoms with E-state index in [9.17, 15) is 18.0 Å². The number of nitrogens with zero attached hydrogens (tertiary/aromatic N) is 2. The molecular formula is C16H25N3O5S2. The van der Waals surface area contributed by atoms with Crippen molar-refractivity contribution < 1.29 is 22.7 Å². The van der Waals surface area contributed by atoms with E-state index in [1.807, 2.05) is 6.92 Å². The molecule has 146 valence electrons. The lowest BCUT2D eigenvalue weighted by Gasteiger charge is -2.30. The number of aryl methyl sites for hydroxylation is 1. The summed E-state index contributed by atoms with van der Waals surface area (Å²) < 4.78 is 30.8. The minimum Gasteiger partial charge on any atom is -0.462 e. The number of nitrogens with one attached hydrogen (secondary N) is 1. The Morgan fingerprint density at radius 2 is 2.12 bits per heavy atom. The summed E-state index contributed by atoms with van der Waals surface area (Å²) in [5, 5.41) is 3.04. The maximum absolute atomic E-state index is 12.5. The number of sulfonamides is 1. The molecule has 0 spiro atoms. The first-order valence-corrected chi connectivity index (χ1v) is 11.1.